The first-order valence-corrected chi connectivity index (χ1v) is 9.66. The van der Waals surface area contributed by atoms with Crippen molar-refractivity contribution in [2.75, 3.05) is 11.2 Å². The van der Waals surface area contributed by atoms with Gasteiger partial charge in [-0.2, -0.15) is 0 Å². The SMILES string of the molecule is CC(Sc1nnc(-c2cccs2)n1N)C(=O)Nc1cc([N+](=O)[O-])ccc1Cl. The third-order valence-electron chi connectivity index (χ3n) is 3.48. The highest BCUT2D eigenvalue weighted by molar-refractivity contribution is 8.00. The Hall–Kier alpha value is -2.63. The number of non-ortho nitro benzene ring substituents is 1. The van der Waals surface area contributed by atoms with Crippen LogP contribution in [0, 0.1) is 10.1 Å². The van der Waals surface area contributed by atoms with Crippen LogP contribution in [0.15, 0.2) is 40.9 Å². The Kier molecular flexibility index (Phi) is 5.63. The predicted octanol–water partition coefficient (Wildman–Crippen LogP) is 3.40. The number of thioether (sulfide) groups is 1. The number of rotatable bonds is 6. The average molecular weight is 425 g/mol. The molecule has 0 spiro atoms. The maximum absolute atomic E-state index is 12.4. The van der Waals surface area contributed by atoms with Gasteiger partial charge in [-0.15, -0.1) is 21.5 Å². The van der Waals surface area contributed by atoms with E-state index < -0.39 is 16.1 Å². The molecule has 1 aromatic carbocycles. The van der Waals surface area contributed by atoms with Crippen LogP contribution >= 0.6 is 34.7 Å². The monoisotopic (exact) mass is 424 g/mol. The van der Waals surface area contributed by atoms with Crippen molar-refractivity contribution in [2.45, 2.75) is 17.3 Å². The highest BCUT2D eigenvalue weighted by Gasteiger charge is 2.21. The summed E-state index contributed by atoms with van der Waals surface area (Å²) in [6.45, 7) is 1.66. The van der Waals surface area contributed by atoms with Crippen molar-refractivity contribution in [3.05, 3.63) is 50.8 Å². The average Bonchev–Trinajstić information content (AvgIpc) is 3.27. The molecule has 140 valence electrons. The molecule has 2 heterocycles. The van der Waals surface area contributed by atoms with Gasteiger partial charge in [-0.05, 0) is 24.4 Å². The molecule has 0 aliphatic heterocycles. The van der Waals surface area contributed by atoms with Crippen LogP contribution in [0.5, 0.6) is 0 Å². The Bertz CT molecular complexity index is 992. The molecule has 3 N–H and O–H groups in total. The number of thiophene rings is 1. The first-order chi connectivity index (χ1) is 12.9. The molecule has 0 aliphatic rings. The Morgan fingerprint density at radius 2 is 2.22 bits per heavy atom. The summed E-state index contributed by atoms with van der Waals surface area (Å²) in [5.74, 6) is 6.12. The van der Waals surface area contributed by atoms with Crippen molar-refractivity contribution in [3.8, 4) is 10.7 Å². The van der Waals surface area contributed by atoms with Crippen LogP contribution in [0.25, 0.3) is 10.7 Å². The highest BCUT2D eigenvalue weighted by Crippen LogP contribution is 2.30. The lowest BCUT2D eigenvalue weighted by molar-refractivity contribution is -0.384. The summed E-state index contributed by atoms with van der Waals surface area (Å²) in [5.41, 5.74) is -0.00546. The van der Waals surface area contributed by atoms with Crippen LogP contribution in [0.1, 0.15) is 6.92 Å². The molecular weight excluding hydrogens is 412 g/mol. The van der Waals surface area contributed by atoms with Crippen molar-refractivity contribution in [1.82, 2.24) is 14.9 Å². The minimum atomic E-state index is -0.594. The molecule has 3 rings (SSSR count). The number of aromatic nitrogens is 3. The normalized spacial score (nSPS) is 11.9. The van der Waals surface area contributed by atoms with Gasteiger partial charge < -0.3 is 11.2 Å². The van der Waals surface area contributed by atoms with Gasteiger partial charge in [0, 0.05) is 12.1 Å². The number of nitrogen functional groups attached to an aromatic ring is 1. The van der Waals surface area contributed by atoms with E-state index in [0.717, 1.165) is 16.6 Å². The van der Waals surface area contributed by atoms with Gasteiger partial charge in [-0.3, -0.25) is 14.9 Å². The number of anilines is 1. The first-order valence-electron chi connectivity index (χ1n) is 7.52. The zero-order chi connectivity index (χ0) is 19.6. The minimum absolute atomic E-state index is 0.164. The predicted molar refractivity (Wildman–Crippen MR) is 106 cm³/mol. The van der Waals surface area contributed by atoms with Crippen LogP contribution < -0.4 is 11.2 Å². The molecule has 0 bridgehead atoms. The largest absolute Gasteiger partial charge is 0.335 e. The fourth-order valence-corrected chi connectivity index (χ4v) is 3.74. The number of hydrogen-bond acceptors (Lipinski definition) is 8. The Morgan fingerprint density at radius 3 is 2.89 bits per heavy atom. The zero-order valence-electron chi connectivity index (χ0n) is 13.8. The Balaban J connectivity index is 1.72. The van der Waals surface area contributed by atoms with E-state index in [1.165, 1.54) is 34.2 Å². The Morgan fingerprint density at radius 1 is 1.44 bits per heavy atom. The van der Waals surface area contributed by atoms with Crippen molar-refractivity contribution in [3.63, 3.8) is 0 Å². The summed E-state index contributed by atoms with van der Waals surface area (Å²) in [4.78, 5) is 23.6. The number of halogens is 1. The first kappa shape index (κ1) is 19.1. The van der Waals surface area contributed by atoms with Gasteiger partial charge in [-0.25, -0.2) is 4.68 Å². The van der Waals surface area contributed by atoms with Crippen LogP contribution in [0.2, 0.25) is 5.02 Å². The lowest BCUT2D eigenvalue weighted by atomic mass is 10.2. The molecule has 9 nitrogen and oxygen atoms in total. The Labute approximate surface area is 166 Å². The molecule has 27 heavy (non-hydrogen) atoms. The van der Waals surface area contributed by atoms with Gasteiger partial charge in [0.25, 0.3) is 5.69 Å². The molecule has 0 saturated heterocycles. The number of carbonyl (C=O) groups is 1. The van der Waals surface area contributed by atoms with Gasteiger partial charge in [0.05, 0.1) is 25.8 Å². The van der Waals surface area contributed by atoms with Gasteiger partial charge in [0.1, 0.15) is 0 Å². The molecule has 0 saturated carbocycles. The molecule has 1 amide bonds. The quantitative estimate of drug-likeness (QED) is 0.268. The maximum atomic E-state index is 12.4. The third-order valence-corrected chi connectivity index (χ3v) is 5.73. The summed E-state index contributed by atoms with van der Waals surface area (Å²) < 4.78 is 1.32. The standard InChI is InChI=1S/C15H13ClN6O3S2/c1-8(14(23)18-11-7-9(22(24)25)4-5-10(11)16)27-15-20-19-13(21(15)17)12-3-2-6-26-12/h2-8H,17H2,1H3,(H,18,23). The van der Waals surface area contributed by atoms with Gasteiger partial charge in [0.2, 0.25) is 11.1 Å². The number of benzene rings is 1. The maximum Gasteiger partial charge on any atom is 0.271 e. The van der Waals surface area contributed by atoms with E-state index in [2.05, 4.69) is 15.5 Å². The van der Waals surface area contributed by atoms with Crippen LogP contribution in [-0.4, -0.2) is 31.0 Å². The molecule has 2 aromatic heterocycles. The number of hydrogen-bond donors (Lipinski definition) is 2. The van der Waals surface area contributed by atoms with Gasteiger partial charge in [0.15, 0.2) is 5.82 Å². The van der Waals surface area contributed by atoms with Crippen LogP contribution in [-0.2, 0) is 4.79 Å². The van der Waals surface area contributed by atoms with Crippen molar-refractivity contribution in [1.29, 1.82) is 0 Å². The molecule has 3 aromatic rings. The molecule has 0 radical (unpaired) electrons. The molecular formula is C15H13ClN6O3S2. The summed E-state index contributed by atoms with van der Waals surface area (Å²) in [5, 5.41) is 23.4. The number of nitro groups is 1. The fourth-order valence-electron chi connectivity index (χ4n) is 2.10. The lowest BCUT2D eigenvalue weighted by Gasteiger charge is -2.12. The number of nitrogens with one attached hydrogen (secondary N) is 1. The molecule has 12 heteroatoms. The molecule has 0 fully saturated rings. The van der Waals surface area contributed by atoms with E-state index in [-0.39, 0.29) is 16.4 Å². The summed E-state index contributed by atoms with van der Waals surface area (Å²) in [6.07, 6.45) is 0. The number of amides is 1. The van der Waals surface area contributed by atoms with E-state index in [4.69, 9.17) is 17.4 Å². The summed E-state index contributed by atoms with van der Waals surface area (Å²) >= 11 is 8.59. The second-order valence-corrected chi connectivity index (χ2v) is 7.99. The summed E-state index contributed by atoms with van der Waals surface area (Å²) in [7, 11) is 0. The minimum Gasteiger partial charge on any atom is -0.335 e. The van der Waals surface area contributed by atoms with E-state index in [0.29, 0.717) is 11.0 Å². The van der Waals surface area contributed by atoms with E-state index in [9.17, 15) is 14.9 Å². The fraction of sp³-hybridized carbons (Fsp3) is 0.133. The zero-order valence-corrected chi connectivity index (χ0v) is 16.2. The molecule has 0 aliphatic carbocycles. The number of nitro benzene ring substituents is 1. The van der Waals surface area contributed by atoms with E-state index in [1.807, 2.05) is 17.5 Å². The van der Waals surface area contributed by atoms with E-state index in [1.54, 1.807) is 6.92 Å². The molecule has 1 unspecified atom stereocenters. The second-order valence-electron chi connectivity index (χ2n) is 5.32. The van der Waals surface area contributed by atoms with E-state index >= 15 is 0 Å². The van der Waals surface area contributed by atoms with Crippen molar-refractivity contribution < 1.29 is 9.72 Å². The van der Waals surface area contributed by atoms with Gasteiger partial charge in [-0.1, -0.05) is 29.4 Å². The summed E-state index contributed by atoms with van der Waals surface area (Å²) in [6, 6.07) is 7.57. The third kappa shape index (κ3) is 4.21. The van der Waals surface area contributed by atoms with Crippen LogP contribution in [0.3, 0.4) is 0 Å². The number of nitrogens with zero attached hydrogens (tertiary/aromatic N) is 4. The second kappa shape index (κ2) is 7.94. The molecule has 1 atom stereocenters. The topological polar surface area (TPSA) is 129 Å². The number of carbonyl (C=O) groups excluding carboxylic acids is 1. The van der Waals surface area contributed by atoms with Crippen molar-refractivity contribution >= 4 is 52.0 Å². The smallest absolute Gasteiger partial charge is 0.271 e. The van der Waals surface area contributed by atoms with Gasteiger partial charge >= 0.3 is 0 Å². The van der Waals surface area contributed by atoms with Crippen LogP contribution in [0.4, 0.5) is 11.4 Å². The van der Waals surface area contributed by atoms with Crippen molar-refractivity contribution in [2.24, 2.45) is 0 Å². The number of nitrogens with two attached hydrogens (primary N) is 1. The lowest BCUT2D eigenvalue weighted by Crippen LogP contribution is -2.24. The highest BCUT2D eigenvalue weighted by atomic mass is 35.5.